The number of morpholine rings is 1. The molecule has 1 atom stereocenters. The molecule has 1 aromatic carbocycles. The molecule has 1 fully saturated rings. The first-order chi connectivity index (χ1) is 9.74. The number of halogens is 1. The van der Waals surface area contributed by atoms with E-state index >= 15 is 0 Å². The first-order valence-electron chi connectivity index (χ1n) is 6.77. The molecule has 0 amide bonds. The highest BCUT2D eigenvalue weighted by atomic mass is 79.9. The summed E-state index contributed by atoms with van der Waals surface area (Å²) in [5, 5.41) is 0. The number of anilines is 1. The zero-order valence-electron chi connectivity index (χ0n) is 11.4. The smallest absolute Gasteiger partial charge is 0.128 e. The summed E-state index contributed by atoms with van der Waals surface area (Å²) in [5.41, 5.74) is 2.55. The maximum Gasteiger partial charge on any atom is 0.128 e. The van der Waals surface area contributed by atoms with E-state index < -0.39 is 0 Å². The molecule has 20 heavy (non-hydrogen) atoms. The molecule has 1 unspecified atom stereocenters. The third-order valence-electron chi connectivity index (χ3n) is 3.64. The Balaban J connectivity index is 1.80. The van der Waals surface area contributed by atoms with Gasteiger partial charge in [-0.05, 0) is 46.1 Å². The van der Waals surface area contributed by atoms with Crippen molar-refractivity contribution in [3.63, 3.8) is 0 Å². The lowest BCUT2D eigenvalue weighted by Crippen LogP contribution is -2.39. The number of pyridine rings is 1. The van der Waals surface area contributed by atoms with Crippen LogP contribution in [0.3, 0.4) is 0 Å². The van der Waals surface area contributed by atoms with E-state index in [2.05, 4.69) is 57.0 Å². The number of hydrogen-bond donors (Lipinski definition) is 0. The first kappa shape index (κ1) is 13.6. The fourth-order valence-corrected chi connectivity index (χ4v) is 2.78. The predicted octanol–water partition coefficient (Wildman–Crippen LogP) is 3.73. The van der Waals surface area contributed by atoms with E-state index in [0.717, 1.165) is 30.0 Å². The molecule has 104 valence electrons. The number of rotatable bonds is 2. The molecule has 1 aromatic heterocycles. The van der Waals surface area contributed by atoms with Crippen LogP contribution in [0.4, 0.5) is 5.82 Å². The average Bonchev–Trinajstić information content (AvgIpc) is 2.49. The van der Waals surface area contributed by atoms with Crippen molar-refractivity contribution < 1.29 is 4.74 Å². The molecule has 3 rings (SSSR count). The summed E-state index contributed by atoms with van der Waals surface area (Å²) < 4.78 is 6.95. The van der Waals surface area contributed by atoms with Crippen molar-refractivity contribution in [3.05, 3.63) is 58.2 Å². The number of nitrogens with zero attached hydrogens (tertiary/aromatic N) is 2. The topological polar surface area (TPSA) is 25.4 Å². The Morgan fingerprint density at radius 1 is 1.25 bits per heavy atom. The molecule has 1 aliphatic rings. The van der Waals surface area contributed by atoms with Gasteiger partial charge < -0.3 is 9.64 Å². The van der Waals surface area contributed by atoms with E-state index in [0.29, 0.717) is 0 Å². The molecule has 0 bridgehead atoms. The van der Waals surface area contributed by atoms with E-state index in [1.165, 1.54) is 11.1 Å². The minimum absolute atomic E-state index is 0.121. The summed E-state index contributed by atoms with van der Waals surface area (Å²) in [7, 11) is 0. The average molecular weight is 333 g/mol. The quantitative estimate of drug-likeness (QED) is 0.837. The Labute approximate surface area is 127 Å². The van der Waals surface area contributed by atoms with Gasteiger partial charge in [-0.1, -0.05) is 24.3 Å². The van der Waals surface area contributed by atoms with Crippen molar-refractivity contribution in [1.82, 2.24) is 4.98 Å². The molecule has 0 N–H and O–H groups in total. The Hall–Kier alpha value is -1.39. The van der Waals surface area contributed by atoms with Gasteiger partial charge in [-0.15, -0.1) is 0 Å². The van der Waals surface area contributed by atoms with Gasteiger partial charge in [0.05, 0.1) is 6.61 Å². The van der Waals surface area contributed by atoms with Gasteiger partial charge in [0.15, 0.2) is 0 Å². The van der Waals surface area contributed by atoms with Crippen molar-refractivity contribution >= 4 is 21.7 Å². The number of hydrogen-bond acceptors (Lipinski definition) is 3. The van der Waals surface area contributed by atoms with Crippen LogP contribution in [-0.4, -0.2) is 24.7 Å². The van der Waals surface area contributed by atoms with Crippen LogP contribution < -0.4 is 4.90 Å². The van der Waals surface area contributed by atoms with Crippen LogP contribution in [0.1, 0.15) is 17.2 Å². The summed E-state index contributed by atoms with van der Waals surface area (Å²) in [4.78, 5) is 6.76. The highest BCUT2D eigenvalue weighted by Crippen LogP contribution is 2.27. The molecular formula is C16H17BrN2O. The van der Waals surface area contributed by atoms with Gasteiger partial charge in [0.25, 0.3) is 0 Å². The molecule has 1 aliphatic heterocycles. The minimum Gasteiger partial charge on any atom is -0.370 e. The molecule has 3 nitrogen and oxygen atoms in total. The fraction of sp³-hybridized carbons (Fsp3) is 0.312. The molecule has 2 aromatic rings. The second kappa shape index (κ2) is 5.94. The van der Waals surface area contributed by atoms with Crippen molar-refractivity contribution in [2.75, 3.05) is 24.6 Å². The van der Waals surface area contributed by atoms with E-state index in [1.807, 2.05) is 18.3 Å². The van der Waals surface area contributed by atoms with E-state index in [9.17, 15) is 0 Å². The van der Waals surface area contributed by atoms with Crippen LogP contribution >= 0.6 is 15.9 Å². The number of ether oxygens (including phenoxy) is 1. The zero-order valence-corrected chi connectivity index (χ0v) is 13.0. The summed E-state index contributed by atoms with van der Waals surface area (Å²) in [6.07, 6.45) is 1.96. The molecule has 0 aliphatic carbocycles. The van der Waals surface area contributed by atoms with Crippen molar-refractivity contribution in [2.24, 2.45) is 0 Å². The van der Waals surface area contributed by atoms with Crippen molar-refractivity contribution in [2.45, 2.75) is 13.0 Å². The minimum atomic E-state index is 0.121. The maximum absolute atomic E-state index is 5.94. The summed E-state index contributed by atoms with van der Waals surface area (Å²) in [5.74, 6) is 1.01. The second-order valence-corrected chi connectivity index (χ2v) is 5.91. The first-order valence-corrected chi connectivity index (χ1v) is 7.57. The number of aromatic nitrogens is 1. The van der Waals surface area contributed by atoms with Crippen LogP contribution in [0, 0.1) is 6.92 Å². The van der Waals surface area contributed by atoms with Gasteiger partial charge in [-0.25, -0.2) is 4.98 Å². The largest absolute Gasteiger partial charge is 0.370 e. The Bertz CT molecular complexity index is 585. The zero-order chi connectivity index (χ0) is 13.9. The van der Waals surface area contributed by atoms with E-state index in [1.54, 1.807) is 0 Å². The van der Waals surface area contributed by atoms with Crippen molar-refractivity contribution in [3.8, 4) is 0 Å². The second-order valence-electron chi connectivity index (χ2n) is 5.00. The molecule has 2 heterocycles. The number of aryl methyl sites for hydroxylation is 1. The lowest BCUT2D eigenvalue weighted by atomic mass is 10.0. The Morgan fingerprint density at radius 3 is 2.85 bits per heavy atom. The molecule has 0 spiro atoms. The van der Waals surface area contributed by atoms with Crippen LogP contribution in [-0.2, 0) is 4.74 Å². The van der Waals surface area contributed by atoms with Gasteiger partial charge >= 0.3 is 0 Å². The van der Waals surface area contributed by atoms with E-state index in [4.69, 9.17) is 4.74 Å². The standard InChI is InChI=1S/C16H17BrN2O/c1-12-4-2-3-5-14(12)15-11-19(8-9-20-15)16-7-6-13(17)10-18-16/h2-7,10,15H,8-9,11H2,1H3. The molecular weight excluding hydrogens is 316 g/mol. The third kappa shape index (κ3) is 2.86. The lowest BCUT2D eigenvalue weighted by molar-refractivity contribution is 0.0391. The van der Waals surface area contributed by atoms with Gasteiger partial charge in [0.1, 0.15) is 11.9 Å². The predicted molar refractivity (Wildman–Crippen MR) is 84.0 cm³/mol. The lowest BCUT2D eigenvalue weighted by Gasteiger charge is -2.34. The Morgan fingerprint density at radius 2 is 2.10 bits per heavy atom. The molecule has 0 saturated carbocycles. The van der Waals surface area contributed by atoms with Crippen LogP contribution in [0.2, 0.25) is 0 Å². The normalized spacial score (nSPS) is 19.1. The van der Waals surface area contributed by atoms with Gasteiger partial charge in [0, 0.05) is 23.8 Å². The van der Waals surface area contributed by atoms with Gasteiger partial charge in [-0.3, -0.25) is 0 Å². The monoisotopic (exact) mass is 332 g/mol. The van der Waals surface area contributed by atoms with Crippen LogP contribution in [0.5, 0.6) is 0 Å². The highest BCUT2D eigenvalue weighted by Gasteiger charge is 2.23. The maximum atomic E-state index is 5.94. The third-order valence-corrected chi connectivity index (χ3v) is 4.11. The van der Waals surface area contributed by atoms with Gasteiger partial charge in [-0.2, -0.15) is 0 Å². The molecule has 0 radical (unpaired) electrons. The van der Waals surface area contributed by atoms with Crippen LogP contribution in [0.25, 0.3) is 0 Å². The number of benzene rings is 1. The van der Waals surface area contributed by atoms with E-state index in [-0.39, 0.29) is 6.10 Å². The fourth-order valence-electron chi connectivity index (χ4n) is 2.55. The molecule has 4 heteroatoms. The molecule has 1 saturated heterocycles. The SMILES string of the molecule is Cc1ccccc1C1CN(c2ccc(Br)cn2)CCO1. The highest BCUT2D eigenvalue weighted by molar-refractivity contribution is 9.10. The summed E-state index contributed by atoms with van der Waals surface area (Å²) >= 11 is 3.42. The Kier molecular flexibility index (Phi) is 4.03. The summed E-state index contributed by atoms with van der Waals surface area (Å²) in [6, 6.07) is 12.5. The van der Waals surface area contributed by atoms with Gasteiger partial charge in [0.2, 0.25) is 0 Å². The van der Waals surface area contributed by atoms with Crippen molar-refractivity contribution in [1.29, 1.82) is 0 Å². The summed E-state index contributed by atoms with van der Waals surface area (Å²) in [6.45, 7) is 4.60. The van der Waals surface area contributed by atoms with Crippen LogP contribution in [0.15, 0.2) is 47.1 Å².